The minimum absolute atomic E-state index is 0.186. The van der Waals surface area contributed by atoms with Gasteiger partial charge in [-0.3, -0.25) is 9.59 Å². The molecule has 0 radical (unpaired) electrons. The Hall–Kier alpha value is -2.77. The predicted molar refractivity (Wildman–Crippen MR) is 92.4 cm³/mol. The summed E-state index contributed by atoms with van der Waals surface area (Å²) in [7, 11) is 1.55. The van der Waals surface area contributed by atoms with Crippen molar-refractivity contribution in [3.63, 3.8) is 0 Å². The number of carbonyl (C=O) groups excluding carboxylic acids is 1. The molecule has 27 heavy (non-hydrogen) atoms. The quantitative estimate of drug-likeness (QED) is 0.818. The van der Waals surface area contributed by atoms with E-state index in [1.807, 2.05) is 18.2 Å². The van der Waals surface area contributed by atoms with E-state index in [-0.39, 0.29) is 11.9 Å². The molecular formula is C19H19F3N2O3. The van der Waals surface area contributed by atoms with Gasteiger partial charge in [-0.25, -0.2) is 0 Å². The van der Waals surface area contributed by atoms with Crippen LogP contribution in [0.3, 0.4) is 0 Å². The van der Waals surface area contributed by atoms with Gasteiger partial charge in [0.2, 0.25) is 5.91 Å². The summed E-state index contributed by atoms with van der Waals surface area (Å²) >= 11 is 0. The van der Waals surface area contributed by atoms with Crippen molar-refractivity contribution in [2.24, 2.45) is 0 Å². The Morgan fingerprint density at radius 1 is 1.26 bits per heavy atom. The van der Waals surface area contributed by atoms with E-state index in [9.17, 15) is 22.8 Å². The summed E-state index contributed by atoms with van der Waals surface area (Å²) in [4.78, 5) is 26.2. The molecule has 1 aliphatic rings. The number of pyridine rings is 1. The molecule has 1 aliphatic heterocycles. The average Bonchev–Trinajstić information content (AvgIpc) is 3.12. The van der Waals surface area contributed by atoms with E-state index in [0.29, 0.717) is 18.5 Å². The van der Waals surface area contributed by atoms with Crippen LogP contribution in [-0.2, 0) is 17.5 Å². The number of amides is 1. The third-order valence-electron chi connectivity index (χ3n) is 4.67. The number of carbonyl (C=O) groups is 1. The van der Waals surface area contributed by atoms with Gasteiger partial charge in [-0.1, -0.05) is 12.1 Å². The van der Waals surface area contributed by atoms with E-state index < -0.39 is 23.8 Å². The lowest BCUT2D eigenvalue weighted by Gasteiger charge is -2.26. The SMILES string of the molecule is COc1cccc(C2CCCN2C(=O)Cn2cc(C(F)(F)F)ccc2=O)c1. The smallest absolute Gasteiger partial charge is 0.417 e. The molecule has 1 atom stereocenters. The molecule has 2 aromatic rings. The van der Waals surface area contributed by atoms with Crippen LogP contribution in [-0.4, -0.2) is 29.0 Å². The van der Waals surface area contributed by atoms with Crippen molar-refractivity contribution in [2.45, 2.75) is 31.6 Å². The first-order chi connectivity index (χ1) is 12.8. The molecular weight excluding hydrogens is 361 g/mol. The van der Waals surface area contributed by atoms with E-state index >= 15 is 0 Å². The molecule has 1 aromatic carbocycles. The lowest BCUT2D eigenvalue weighted by Crippen LogP contribution is -2.36. The fourth-order valence-electron chi connectivity index (χ4n) is 3.32. The number of halogens is 3. The molecule has 0 spiro atoms. The van der Waals surface area contributed by atoms with Gasteiger partial charge in [-0.2, -0.15) is 13.2 Å². The highest BCUT2D eigenvalue weighted by Gasteiger charge is 2.33. The van der Waals surface area contributed by atoms with E-state index in [4.69, 9.17) is 4.74 Å². The Bertz CT molecular complexity index is 892. The summed E-state index contributed by atoms with van der Waals surface area (Å²) in [5.41, 5.74) is -0.703. The van der Waals surface area contributed by atoms with Gasteiger partial charge in [0, 0.05) is 18.8 Å². The zero-order valence-electron chi connectivity index (χ0n) is 14.7. The molecule has 5 nitrogen and oxygen atoms in total. The third kappa shape index (κ3) is 4.15. The van der Waals surface area contributed by atoms with Crippen LogP contribution in [0.15, 0.2) is 47.4 Å². The number of rotatable bonds is 4. The number of likely N-dealkylation sites (tertiary alicyclic amines) is 1. The van der Waals surface area contributed by atoms with Crippen molar-refractivity contribution in [3.05, 3.63) is 64.1 Å². The number of methoxy groups -OCH3 is 1. The zero-order valence-corrected chi connectivity index (χ0v) is 14.7. The Morgan fingerprint density at radius 3 is 2.74 bits per heavy atom. The standard InChI is InChI=1S/C19H19F3N2O3/c1-27-15-5-2-4-13(10-15)16-6-3-9-24(16)18(26)12-23-11-14(19(20,21)22)7-8-17(23)25/h2,4-5,7-8,10-11,16H,3,6,9,12H2,1H3. The monoisotopic (exact) mass is 380 g/mol. The van der Waals surface area contributed by atoms with Crippen LogP contribution in [0, 0.1) is 0 Å². The van der Waals surface area contributed by atoms with Crippen LogP contribution < -0.4 is 10.3 Å². The fourth-order valence-corrected chi connectivity index (χ4v) is 3.32. The summed E-state index contributed by atoms with van der Waals surface area (Å²) in [6.07, 6.45) is -2.35. The summed E-state index contributed by atoms with van der Waals surface area (Å²) in [6, 6.07) is 8.72. The van der Waals surface area contributed by atoms with Crippen LogP contribution in [0.2, 0.25) is 0 Å². The molecule has 0 aliphatic carbocycles. The highest BCUT2D eigenvalue weighted by molar-refractivity contribution is 5.77. The van der Waals surface area contributed by atoms with Gasteiger partial charge >= 0.3 is 6.18 Å². The van der Waals surface area contributed by atoms with Crippen LogP contribution >= 0.6 is 0 Å². The molecule has 1 aromatic heterocycles. The second-order valence-corrected chi connectivity index (χ2v) is 6.40. The van der Waals surface area contributed by atoms with Crippen LogP contribution in [0.1, 0.15) is 30.0 Å². The molecule has 3 rings (SSSR count). The maximum atomic E-state index is 12.9. The number of nitrogens with zero attached hydrogens (tertiary/aromatic N) is 2. The topological polar surface area (TPSA) is 51.5 Å². The number of alkyl halides is 3. The Morgan fingerprint density at radius 2 is 2.04 bits per heavy atom. The van der Waals surface area contributed by atoms with Gasteiger partial charge in [-0.05, 0) is 36.6 Å². The third-order valence-corrected chi connectivity index (χ3v) is 4.67. The summed E-state index contributed by atoms with van der Waals surface area (Å²) in [5, 5.41) is 0. The highest BCUT2D eigenvalue weighted by atomic mass is 19.4. The molecule has 1 amide bonds. The van der Waals surface area contributed by atoms with Crippen LogP contribution in [0.5, 0.6) is 5.75 Å². The van der Waals surface area contributed by atoms with Crippen molar-refractivity contribution in [1.29, 1.82) is 0 Å². The van der Waals surface area contributed by atoms with E-state index in [0.717, 1.165) is 35.1 Å². The fraction of sp³-hybridized carbons (Fsp3) is 0.368. The van der Waals surface area contributed by atoms with Crippen molar-refractivity contribution in [3.8, 4) is 5.75 Å². The molecule has 1 fully saturated rings. The Balaban J connectivity index is 1.82. The molecule has 1 saturated heterocycles. The second kappa shape index (κ2) is 7.46. The minimum atomic E-state index is -4.57. The van der Waals surface area contributed by atoms with Gasteiger partial charge in [0.15, 0.2) is 0 Å². The maximum Gasteiger partial charge on any atom is 0.417 e. The van der Waals surface area contributed by atoms with E-state index in [2.05, 4.69) is 0 Å². The summed E-state index contributed by atoms with van der Waals surface area (Å²) in [5.74, 6) is 0.280. The molecule has 144 valence electrons. The summed E-state index contributed by atoms with van der Waals surface area (Å²) < 4.78 is 44.6. The summed E-state index contributed by atoms with van der Waals surface area (Å²) in [6.45, 7) is 0.0671. The first-order valence-corrected chi connectivity index (χ1v) is 8.50. The second-order valence-electron chi connectivity index (χ2n) is 6.40. The Kier molecular flexibility index (Phi) is 5.25. The van der Waals surface area contributed by atoms with Crippen molar-refractivity contribution < 1.29 is 22.7 Å². The highest BCUT2D eigenvalue weighted by Crippen LogP contribution is 2.33. The molecule has 0 saturated carbocycles. The minimum Gasteiger partial charge on any atom is -0.497 e. The Labute approximate surface area is 154 Å². The molecule has 1 unspecified atom stereocenters. The van der Waals surface area contributed by atoms with Gasteiger partial charge in [0.05, 0.1) is 18.7 Å². The van der Waals surface area contributed by atoms with Gasteiger partial charge in [-0.15, -0.1) is 0 Å². The van der Waals surface area contributed by atoms with Gasteiger partial charge < -0.3 is 14.2 Å². The zero-order chi connectivity index (χ0) is 19.6. The average molecular weight is 380 g/mol. The molecule has 0 N–H and O–H groups in total. The number of aromatic nitrogens is 1. The molecule has 2 heterocycles. The van der Waals surface area contributed by atoms with Crippen LogP contribution in [0.4, 0.5) is 13.2 Å². The molecule has 8 heteroatoms. The first-order valence-electron chi connectivity index (χ1n) is 8.50. The lowest BCUT2D eigenvalue weighted by molar-refractivity contribution is -0.139. The van der Waals surface area contributed by atoms with Gasteiger partial charge in [0.25, 0.3) is 5.56 Å². The first kappa shape index (κ1) is 19.0. The van der Waals surface area contributed by atoms with Crippen LogP contribution in [0.25, 0.3) is 0 Å². The number of benzene rings is 1. The maximum absolute atomic E-state index is 12.9. The lowest BCUT2D eigenvalue weighted by atomic mass is 10.0. The van der Waals surface area contributed by atoms with Gasteiger partial charge in [0.1, 0.15) is 12.3 Å². The number of hydrogen-bond acceptors (Lipinski definition) is 3. The van der Waals surface area contributed by atoms with E-state index in [1.165, 1.54) is 0 Å². The van der Waals surface area contributed by atoms with Crippen molar-refractivity contribution in [1.82, 2.24) is 9.47 Å². The number of ether oxygens (including phenoxy) is 1. The molecule has 0 bridgehead atoms. The number of hydrogen-bond donors (Lipinski definition) is 0. The predicted octanol–water partition coefficient (Wildman–Crippen LogP) is 3.24. The van der Waals surface area contributed by atoms with Crippen molar-refractivity contribution in [2.75, 3.05) is 13.7 Å². The normalized spacial score (nSPS) is 17.2. The van der Waals surface area contributed by atoms with E-state index in [1.54, 1.807) is 18.1 Å². The van der Waals surface area contributed by atoms with Crippen molar-refractivity contribution >= 4 is 5.91 Å². The largest absolute Gasteiger partial charge is 0.497 e.